The third kappa shape index (κ3) is 29.7. The number of thioether (sulfide) groups is 1. The highest BCUT2D eigenvalue weighted by atomic mass is 32.2. The van der Waals surface area contributed by atoms with Gasteiger partial charge in [-0.05, 0) is 122 Å². The SMILES string of the molecule is CCCCC1C(=O)N(C)[C@@H](CCCC)C(=O)N[C@@H](CCCNC(=N)N)C(=O)N[C@H](C(=O)NCC(N)=O)CSCC(=O)N[C@@H](Cc2ccc(O)cc2)C(=O)N(C)[C@@H](C)C(=O)N[C@@H](CC(N)=O)C(=O)N2C[C@@H](N)CC2C(=O)N[C@@H](Cc2cnc[nH]2)C(=O)N[C@@H](CC(C)C)C(=O)N2CCC[C@H]2C(=O)C[C@@H](Cc2c[nH]c3ccccc23)C(=O)N[C@@H](CO)C(=O)N[C@@H](Cc2csc3ccccc23)C(=O)N1C. The van der Waals surface area contributed by atoms with E-state index in [9.17, 15) is 48.6 Å². The molecule has 2 unspecified atom stereocenters. The first kappa shape index (κ1) is 107. The number of H-pyrrole nitrogens is 2. The summed E-state index contributed by atoms with van der Waals surface area (Å²) in [7, 11) is 3.95. The minimum absolute atomic E-state index is 0.00280. The number of nitrogens with one attached hydrogen (secondary N) is 13. The number of para-hydroxylation sites is 1. The van der Waals surface area contributed by atoms with Gasteiger partial charge in [0.1, 0.15) is 78.3 Å². The number of aromatic hydroxyl groups is 1. The molecule has 0 bridgehead atoms. The number of ketones is 1. The van der Waals surface area contributed by atoms with Crippen LogP contribution in [0.25, 0.3) is 21.0 Å². The summed E-state index contributed by atoms with van der Waals surface area (Å²) in [5.41, 5.74) is 25.9. The van der Waals surface area contributed by atoms with Crippen molar-refractivity contribution >= 4 is 150 Å². The minimum Gasteiger partial charge on any atom is -0.508 e. The van der Waals surface area contributed by atoms with Crippen molar-refractivity contribution in [2.75, 3.05) is 65.4 Å². The number of nitrogens with zero attached hydrogens (tertiary/aromatic N) is 6. The fourth-order valence-corrected chi connectivity index (χ4v) is 18.9. The molecule has 6 heterocycles. The summed E-state index contributed by atoms with van der Waals surface area (Å²) >= 11 is 2.13. The number of fused-ring (bicyclic) bond motifs is 4. The Labute approximate surface area is 795 Å². The minimum atomic E-state index is -1.83. The van der Waals surface area contributed by atoms with Gasteiger partial charge in [-0.2, -0.15) is 0 Å². The average Bonchev–Trinajstić information content (AvgIpc) is 1.65. The molecule has 3 aliphatic heterocycles. The summed E-state index contributed by atoms with van der Waals surface area (Å²) in [5.74, 6) is -18.5. The summed E-state index contributed by atoms with van der Waals surface area (Å²) < 4.78 is 0.829. The molecule has 3 aromatic carbocycles. The topological polar surface area (TPSA) is 640 Å². The van der Waals surface area contributed by atoms with Gasteiger partial charge in [0.05, 0.1) is 37.7 Å². The lowest BCUT2D eigenvalue weighted by Gasteiger charge is -2.36. The van der Waals surface area contributed by atoms with Crippen LogP contribution in [-0.2, 0) is 107 Å². The summed E-state index contributed by atoms with van der Waals surface area (Å²) in [5, 5.41) is 59.2. The molecule has 16 amide bonds. The van der Waals surface area contributed by atoms with Gasteiger partial charge in [-0.25, -0.2) is 4.98 Å². The molecule has 738 valence electrons. The van der Waals surface area contributed by atoms with E-state index < -0.39 is 234 Å². The van der Waals surface area contributed by atoms with Gasteiger partial charge < -0.3 is 121 Å². The first-order valence-electron chi connectivity index (χ1n) is 45.8. The lowest BCUT2D eigenvalue weighted by molar-refractivity contribution is -0.149. The molecule has 3 aliphatic rings. The highest BCUT2D eigenvalue weighted by Crippen LogP contribution is 2.31. The van der Waals surface area contributed by atoms with Crippen molar-refractivity contribution in [2.45, 2.75) is 235 Å². The summed E-state index contributed by atoms with van der Waals surface area (Å²) in [6, 6.07) is -0.535. The largest absolute Gasteiger partial charge is 0.508 e. The number of likely N-dealkylation sites (N-methyl/N-ethyl adjacent to an activating group) is 3. The maximum atomic E-state index is 15.8. The second kappa shape index (κ2) is 51.0. The molecule has 0 saturated carbocycles. The van der Waals surface area contributed by atoms with Crippen LogP contribution < -0.4 is 76.1 Å². The Morgan fingerprint density at radius 2 is 1.21 bits per heavy atom. The molecular weight excluding hydrogens is 1800 g/mol. The van der Waals surface area contributed by atoms with Crippen molar-refractivity contribution in [3.8, 4) is 5.75 Å². The summed E-state index contributed by atoms with van der Waals surface area (Å²) in [4.78, 5) is 267. The van der Waals surface area contributed by atoms with Crippen LogP contribution in [-0.4, -0.2) is 306 Å². The Kier molecular flexibility index (Phi) is 40.0. The summed E-state index contributed by atoms with van der Waals surface area (Å²) in [6.45, 7) is 6.48. The first-order chi connectivity index (χ1) is 64.8. The number of aliphatic hydroxyl groups excluding tert-OH is 1. The normalized spacial score (nSPS) is 24.7. The van der Waals surface area contributed by atoms with Crippen LogP contribution in [0, 0.1) is 17.2 Å². The molecule has 3 aromatic heterocycles. The lowest BCUT2D eigenvalue weighted by Crippen LogP contribution is -2.61. The molecule has 42 nitrogen and oxygen atoms in total. The predicted molar refractivity (Wildman–Crippen MR) is 506 cm³/mol. The number of phenolic OH excluding ortho intramolecular Hbond substituents is 1. The molecule has 0 radical (unpaired) electrons. The van der Waals surface area contributed by atoms with E-state index in [4.69, 9.17) is 28.3 Å². The lowest BCUT2D eigenvalue weighted by atomic mass is 9.90. The van der Waals surface area contributed by atoms with Crippen LogP contribution >= 0.6 is 23.1 Å². The average molecular weight is 1930 g/mol. The quantitative estimate of drug-likeness (QED) is 0.0173. The second-order valence-corrected chi connectivity index (χ2v) is 37.2. The van der Waals surface area contributed by atoms with Crippen molar-refractivity contribution in [3.63, 3.8) is 0 Å². The van der Waals surface area contributed by atoms with E-state index in [1.165, 1.54) is 90.9 Å². The van der Waals surface area contributed by atoms with Gasteiger partial charge in [0.25, 0.3) is 0 Å². The number of unbranched alkanes of at least 4 members (excludes halogenated alkanes) is 2. The zero-order chi connectivity index (χ0) is 99.3. The number of carbonyl (C=O) groups excluding carboxylic acids is 17. The number of aromatic nitrogens is 3. The van der Waals surface area contributed by atoms with Crippen LogP contribution in [0.1, 0.15) is 147 Å². The Balaban J connectivity index is 1.10. The van der Waals surface area contributed by atoms with Gasteiger partial charge in [0, 0.05) is 118 Å². The number of aromatic amines is 2. The number of hydrogen-bond donors (Lipinski definition) is 19. The van der Waals surface area contributed by atoms with Crippen LogP contribution in [0.15, 0.2) is 96.9 Å². The van der Waals surface area contributed by atoms with E-state index in [0.717, 1.165) is 31.6 Å². The highest BCUT2D eigenvalue weighted by molar-refractivity contribution is 8.00. The molecule has 9 rings (SSSR count). The highest BCUT2D eigenvalue weighted by Gasteiger charge is 2.47. The third-order valence-electron chi connectivity index (χ3n) is 24.6. The van der Waals surface area contributed by atoms with E-state index >= 15 is 43.2 Å². The molecule has 3 fully saturated rings. The van der Waals surface area contributed by atoms with Gasteiger partial charge in [-0.15, -0.1) is 23.1 Å². The monoisotopic (exact) mass is 1920 g/mol. The van der Waals surface area contributed by atoms with Gasteiger partial charge in [-0.1, -0.05) is 102 Å². The van der Waals surface area contributed by atoms with Gasteiger partial charge in [0.2, 0.25) is 94.5 Å². The molecule has 136 heavy (non-hydrogen) atoms. The number of guanidine groups is 1. The maximum Gasteiger partial charge on any atom is 0.246 e. The van der Waals surface area contributed by atoms with Crippen LogP contribution in [0.3, 0.4) is 0 Å². The standard InChI is InChI=1S/C92H129N23O19S2/c1-9-11-23-71-85(128)104-62(22-17-31-99-92(96)97)82(125)110-69(81(124)101-43-77(95)120)47-135-48-78(121)103-65(34-52-27-29-58(117)30-28-52)87(130)111(6)51(5)79(122)106-67(40-76(94)119)90(133)115-44-56(93)38-73(115)86(129)105-63(39-57-42-98-49-102-57)83(126)107-64(33-50(3)4)89(132)114-32-18-25-70(114)74(118)37-53(35-54-41-100-61-21-15-13-19-59(54)61)80(123)109-68(45-116)84(127)108-66(36-55-46-136-75-26-16-14-20-60(55)75)88(131)113(8)72(24-12-10-2)91(134)112(71)7/h13-16,19-21,26-30,41-42,46,49-51,53,56,62-73,100,116-117H,9-12,17-18,22-25,31-40,43-45,47-48,93H2,1-8H3,(H2,94,119)(H2,95,120)(H,98,102)(H,101,124)(H,103,121)(H,104,128)(H,105,129)(H,106,122)(H,107,126)(H,108,127)(H,109,123)(H,110,125)(H4,96,97,99)/t51-,53+,56-,62-,63-,64-,65-,66-,67-,68-,69-,70-,71-,72?,73?/m0/s1. The number of primary amides is 2. The zero-order valence-electron chi connectivity index (χ0n) is 77.8. The van der Waals surface area contributed by atoms with Crippen molar-refractivity contribution < 1.29 is 91.7 Å². The smallest absolute Gasteiger partial charge is 0.246 e. The Bertz CT molecular complexity index is 5250. The van der Waals surface area contributed by atoms with E-state index in [1.807, 2.05) is 49.6 Å². The Morgan fingerprint density at radius 1 is 0.596 bits per heavy atom. The number of carbonyl (C=O) groups is 17. The molecule has 0 spiro atoms. The number of phenols is 1. The van der Waals surface area contributed by atoms with Crippen molar-refractivity contribution in [1.82, 2.24) is 92.6 Å². The molecule has 23 N–H and O–H groups in total. The number of thiophene rings is 1. The number of amides is 16. The number of rotatable bonds is 26. The molecule has 6 aromatic rings. The van der Waals surface area contributed by atoms with Gasteiger partial charge >= 0.3 is 0 Å². The fourth-order valence-electron chi connectivity index (χ4n) is 17.0. The van der Waals surface area contributed by atoms with Gasteiger partial charge in [0.15, 0.2) is 11.7 Å². The molecular formula is C92H129N23O19S2. The van der Waals surface area contributed by atoms with E-state index in [0.29, 0.717) is 65.4 Å². The Hall–Kier alpha value is -13.1. The van der Waals surface area contributed by atoms with E-state index in [1.54, 1.807) is 38.2 Å². The van der Waals surface area contributed by atoms with Crippen molar-refractivity contribution in [3.05, 3.63) is 119 Å². The second-order valence-electron chi connectivity index (χ2n) is 35.3. The fraction of sp³-hybridized carbons (Fsp3) is 0.533. The van der Waals surface area contributed by atoms with Crippen LogP contribution in [0.4, 0.5) is 0 Å². The number of benzene rings is 3. The van der Waals surface area contributed by atoms with E-state index in [2.05, 4.69) is 68.1 Å². The zero-order valence-corrected chi connectivity index (χ0v) is 79.4. The van der Waals surface area contributed by atoms with Crippen LogP contribution in [0.5, 0.6) is 5.75 Å². The predicted octanol–water partition coefficient (Wildman–Crippen LogP) is -1.14. The van der Waals surface area contributed by atoms with Gasteiger partial charge in [-0.3, -0.25) is 86.9 Å². The molecule has 44 heteroatoms. The molecule has 15 atom stereocenters. The number of Topliss-reactive ketones (excluding diaryl/α,β-unsaturated/α-hetero) is 1. The number of imidazole rings is 1. The van der Waals surface area contributed by atoms with E-state index in [-0.39, 0.29) is 102 Å². The molecule has 0 aliphatic carbocycles. The van der Waals surface area contributed by atoms with Crippen molar-refractivity contribution in [2.24, 2.45) is 34.8 Å². The maximum absolute atomic E-state index is 15.8. The molecule has 3 saturated heterocycles. The Morgan fingerprint density at radius 3 is 1.88 bits per heavy atom. The number of aliphatic hydroxyl groups is 1. The van der Waals surface area contributed by atoms with Crippen molar-refractivity contribution in [1.29, 1.82) is 5.41 Å². The first-order valence-corrected chi connectivity index (χ1v) is 47.8. The number of nitrogens with two attached hydrogens (primary N) is 4. The summed E-state index contributed by atoms with van der Waals surface area (Å²) in [6.07, 6.45) is 3.82. The number of hydrogen-bond acceptors (Lipinski definition) is 24. The van der Waals surface area contributed by atoms with Crippen LogP contribution in [0.2, 0.25) is 0 Å². The third-order valence-corrected chi connectivity index (χ3v) is 26.6.